The van der Waals surface area contributed by atoms with Gasteiger partial charge in [-0.2, -0.15) is 0 Å². The number of anilines is 2. The van der Waals surface area contributed by atoms with Crippen molar-refractivity contribution in [3.8, 4) is 17.1 Å². The van der Waals surface area contributed by atoms with Crippen LogP contribution in [0, 0.1) is 0 Å². The number of ether oxygens (including phenoxy) is 2. The van der Waals surface area contributed by atoms with Gasteiger partial charge in [-0.1, -0.05) is 18.2 Å². The van der Waals surface area contributed by atoms with E-state index < -0.39 is 22.0 Å². The average molecular weight is 579 g/mol. The molecule has 5 rings (SSSR count). The second-order valence-corrected chi connectivity index (χ2v) is 11.2. The number of esters is 1. The SMILES string of the molecule is COC(=O)c1cccc(-c2ccc([C@H]3[C@@H](c4ccccn4)NC(=S)N3c3ccc(OC)c(NS(C)(=O)=O)c3)o2)c1. The second kappa shape index (κ2) is 11.0. The maximum atomic E-state index is 12.1. The fourth-order valence-electron chi connectivity index (χ4n) is 4.63. The number of hydrogen-bond donors (Lipinski definition) is 2. The van der Waals surface area contributed by atoms with Crippen LogP contribution < -0.4 is 19.7 Å². The topological polar surface area (TPSA) is 123 Å². The Labute approximate surface area is 237 Å². The summed E-state index contributed by atoms with van der Waals surface area (Å²) in [6.45, 7) is 0. The van der Waals surface area contributed by atoms with Gasteiger partial charge in [0, 0.05) is 17.4 Å². The summed E-state index contributed by atoms with van der Waals surface area (Å²) in [5, 5.41) is 3.75. The van der Waals surface area contributed by atoms with Gasteiger partial charge in [0.25, 0.3) is 0 Å². The van der Waals surface area contributed by atoms with E-state index in [9.17, 15) is 13.2 Å². The molecule has 206 valence electrons. The molecular formula is C28H26N4O6S2. The van der Waals surface area contributed by atoms with Gasteiger partial charge in [0.15, 0.2) is 5.11 Å². The number of benzene rings is 2. The molecule has 4 aromatic rings. The molecule has 2 atom stereocenters. The molecule has 1 fully saturated rings. The Bertz CT molecular complexity index is 1670. The number of carbonyl (C=O) groups excluding carboxylic acids is 1. The number of rotatable bonds is 8. The number of aromatic nitrogens is 1. The molecule has 2 aromatic carbocycles. The van der Waals surface area contributed by atoms with Crippen LogP contribution in [0.2, 0.25) is 0 Å². The first-order valence-corrected chi connectivity index (χ1v) is 14.4. The van der Waals surface area contributed by atoms with E-state index in [4.69, 9.17) is 26.1 Å². The Morgan fingerprint density at radius 2 is 1.90 bits per heavy atom. The van der Waals surface area contributed by atoms with Crippen LogP contribution in [0.5, 0.6) is 5.75 Å². The maximum absolute atomic E-state index is 12.1. The lowest BCUT2D eigenvalue weighted by atomic mass is 10.0. The van der Waals surface area contributed by atoms with E-state index in [2.05, 4.69) is 15.0 Å². The lowest BCUT2D eigenvalue weighted by Crippen LogP contribution is -2.29. The average Bonchev–Trinajstić information content (AvgIpc) is 3.57. The Kier molecular flexibility index (Phi) is 7.46. The third kappa shape index (κ3) is 5.49. The lowest BCUT2D eigenvalue weighted by molar-refractivity contribution is 0.0600. The molecule has 0 radical (unpaired) electrons. The molecule has 2 aromatic heterocycles. The minimum Gasteiger partial charge on any atom is -0.495 e. The highest BCUT2D eigenvalue weighted by molar-refractivity contribution is 7.92. The number of sulfonamides is 1. The largest absolute Gasteiger partial charge is 0.495 e. The molecule has 1 aliphatic heterocycles. The van der Waals surface area contributed by atoms with Crippen molar-refractivity contribution < 1.29 is 27.1 Å². The molecule has 1 saturated heterocycles. The third-order valence-electron chi connectivity index (χ3n) is 6.34. The van der Waals surface area contributed by atoms with Gasteiger partial charge in [0.2, 0.25) is 10.0 Å². The third-order valence-corrected chi connectivity index (χ3v) is 7.25. The first-order chi connectivity index (χ1) is 19.2. The molecule has 3 heterocycles. The van der Waals surface area contributed by atoms with Crippen molar-refractivity contribution in [1.82, 2.24) is 10.3 Å². The number of methoxy groups -OCH3 is 2. The molecule has 1 aliphatic rings. The first kappa shape index (κ1) is 27.2. The summed E-state index contributed by atoms with van der Waals surface area (Å²) in [5.74, 6) is 1.04. The number of thiocarbonyl (C=S) groups is 1. The lowest BCUT2D eigenvalue weighted by Gasteiger charge is -2.27. The van der Waals surface area contributed by atoms with E-state index in [0.717, 1.165) is 11.9 Å². The molecule has 10 nitrogen and oxygen atoms in total. The number of carbonyl (C=O) groups is 1. The molecule has 0 spiro atoms. The van der Waals surface area contributed by atoms with Crippen LogP contribution in [-0.4, -0.2) is 45.0 Å². The predicted molar refractivity (Wildman–Crippen MR) is 155 cm³/mol. The Balaban J connectivity index is 1.60. The standard InChI is InChI=1S/C28H26N4O6S2/c1-36-23-11-10-19(16-21(23)31-40(3,34)35)32-26(25(30-28(32)39)20-9-4-5-14-29-20)24-13-12-22(38-24)17-7-6-8-18(15-17)27(33)37-2/h4-16,25-26,31H,1-3H3,(H,30,39)/t25-,26+/m1/s1. The quantitative estimate of drug-likeness (QED) is 0.225. The molecule has 0 saturated carbocycles. The summed E-state index contributed by atoms with van der Waals surface area (Å²) >= 11 is 5.77. The molecule has 2 N–H and O–H groups in total. The molecule has 0 aliphatic carbocycles. The maximum Gasteiger partial charge on any atom is 0.337 e. The van der Waals surface area contributed by atoms with Crippen molar-refractivity contribution in [3.63, 3.8) is 0 Å². The van der Waals surface area contributed by atoms with Crippen molar-refractivity contribution >= 4 is 44.7 Å². The normalized spacial score (nSPS) is 16.9. The summed E-state index contributed by atoms with van der Waals surface area (Å²) < 4.78 is 43.2. The van der Waals surface area contributed by atoms with Crippen LogP contribution in [0.4, 0.5) is 11.4 Å². The van der Waals surface area contributed by atoms with E-state index in [0.29, 0.717) is 39.2 Å². The summed E-state index contributed by atoms with van der Waals surface area (Å²) in [5.41, 5.74) is 2.72. The molecule has 40 heavy (non-hydrogen) atoms. The van der Waals surface area contributed by atoms with Crippen LogP contribution in [0.15, 0.2) is 83.4 Å². The number of furan rings is 1. The summed E-state index contributed by atoms with van der Waals surface area (Å²) in [4.78, 5) is 18.5. The summed E-state index contributed by atoms with van der Waals surface area (Å²) in [7, 11) is -0.786. The fourth-order valence-corrected chi connectivity index (χ4v) is 5.54. The fraction of sp³-hybridized carbons (Fsp3) is 0.179. The van der Waals surface area contributed by atoms with Crippen LogP contribution in [0.25, 0.3) is 11.3 Å². The van der Waals surface area contributed by atoms with Crippen molar-refractivity contribution in [2.45, 2.75) is 12.1 Å². The van der Waals surface area contributed by atoms with Gasteiger partial charge in [-0.05, 0) is 66.8 Å². The van der Waals surface area contributed by atoms with Crippen molar-refractivity contribution in [1.29, 1.82) is 0 Å². The highest BCUT2D eigenvalue weighted by atomic mass is 32.2. The number of nitrogens with one attached hydrogen (secondary N) is 2. The Morgan fingerprint density at radius 3 is 2.60 bits per heavy atom. The van der Waals surface area contributed by atoms with Crippen LogP contribution >= 0.6 is 12.2 Å². The van der Waals surface area contributed by atoms with E-state index in [1.165, 1.54) is 14.2 Å². The highest BCUT2D eigenvalue weighted by Gasteiger charge is 2.43. The zero-order chi connectivity index (χ0) is 28.4. The first-order valence-electron chi connectivity index (χ1n) is 12.1. The van der Waals surface area contributed by atoms with Gasteiger partial charge >= 0.3 is 5.97 Å². The van der Waals surface area contributed by atoms with E-state index in [-0.39, 0.29) is 11.7 Å². The predicted octanol–water partition coefficient (Wildman–Crippen LogP) is 4.69. The van der Waals surface area contributed by atoms with E-state index >= 15 is 0 Å². The van der Waals surface area contributed by atoms with E-state index in [1.54, 1.807) is 42.6 Å². The van der Waals surface area contributed by atoms with Crippen molar-refractivity contribution in [2.24, 2.45) is 0 Å². The number of nitrogens with zero attached hydrogens (tertiary/aromatic N) is 2. The van der Waals surface area contributed by atoms with Crippen LogP contribution in [-0.2, 0) is 14.8 Å². The Morgan fingerprint density at radius 1 is 1.07 bits per heavy atom. The number of pyridine rings is 1. The zero-order valence-corrected chi connectivity index (χ0v) is 23.5. The summed E-state index contributed by atoms with van der Waals surface area (Å²) in [6.07, 6.45) is 2.77. The second-order valence-electron chi connectivity index (χ2n) is 9.03. The van der Waals surface area contributed by atoms with Crippen LogP contribution in [0.1, 0.15) is 33.9 Å². The van der Waals surface area contributed by atoms with Gasteiger partial charge < -0.3 is 24.1 Å². The van der Waals surface area contributed by atoms with Gasteiger partial charge in [0.05, 0.1) is 43.5 Å². The number of hydrogen-bond acceptors (Lipinski definition) is 8. The Hall–Kier alpha value is -4.42. The minimum atomic E-state index is -3.58. The monoisotopic (exact) mass is 578 g/mol. The summed E-state index contributed by atoms with van der Waals surface area (Å²) in [6, 6.07) is 20.5. The molecular weight excluding hydrogens is 552 g/mol. The van der Waals surface area contributed by atoms with Gasteiger partial charge in [-0.25, -0.2) is 13.2 Å². The van der Waals surface area contributed by atoms with Crippen molar-refractivity contribution in [3.05, 3.63) is 96.0 Å². The van der Waals surface area contributed by atoms with Crippen LogP contribution in [0.3, 0.4) is 0 Å². The molecule has 0 amide bonds. The minimum absolute atomic E-state index is 0.269. The van der Waals surface area contributed by atoms with Crippen molar-refractivity contribution in [2.75, 3.05) is 30.1 Å². The highest BCUT2D eigenvalue weighted by Crippen LogP contribution is 2.44. The zero-order valence-electron chi connectivity index (χ0n) is 21.8. The molecule has 0 unspecified atom stereocenters. The van der Waals surface area contributed by atoms with Gasteiger partial charge in [0.1, 0.15) is 23.3 Å². The molecule has 12 heteroatoms. The smallest absolute Gasteiger partial charge is 0.337 e. The van der Waals surface area contributed by atoms with Gasteiger partial charge in [-0.3, -0.25) is 9.71 Å². The van der Waals surface area contributed by atoms with E-state index in [1.807, 2.05) is 41.3 Å². The van der Waals surface area contributed by atoms with Gasteiger partial charge in [-0.15, -0.1) is 0 Å². The molecule has 0 bridgehead atoms.